The highest BCUT2D eigenvalue weighted by Crippen LogP contribution is 2.47. The molecule has 0 radical (unpaired) electrons. The van der Waals surface area contributed by atoms with Crippen LogP contribution in [0.25, 0.3) is 0 Å². The first kappa shape index (κ1) is 50.8. The van der Waals surface area contributed by atoms with E-state index in [1.807, 2.05) is 0 Å². The minimum absolute atomic E-state index is 0.0804. The summed E-state index contributed by atoms with van der Waals surface area (Å²) < 4.78 is 33.3. The number of phosphoric ester groups is 1. The number of unbranched alkanes of at least 4 members (excludes halogenated alkanes) is 12. The molecule has 0 saturated heterocycles. The van der Waals surface area contributed by atoms with Gasteiger partial charge in [0.1, 0.15) is 43.2 Å². The van der Waals surface area contributed by atoms with Crippen molar-refractivity contribution in [2.75, 3.05) is 13.2 Å². The molecule has 0 aliphatic heterocycles. The van der Waals surface area contributed by atoms with Crippen molar-refractivity contribution in [1.82, 2.24) is 0 Å². The normalized spacial score (nSPS) is 23.6. The molecule has 1 fully saturated rings. The van der Waals surface area contributed by atoms with E-state index >= 15 is 0 Å². The second-order valence-corrected chi connectivity index (χ2v) is 15.5. The predicted octanol–water partition coefficient (Wildman–Crippen LogP) is 6.83. The lowest BCUT2D eigenvalue weighted by molar-refractivity contribution is -0.220. The fourth-order valence-corrected chi connectivity index (χ4v) is 6.78. The van der Waals surface area contributed by atoms with Crippen molar-refractivity contribution in [2.24, 2.45) is 0 Å². The van der Waals surface area contributed by atoms with E-state index in [2.05, 4.69) is 62.5 Å². The lowest BCUT2D eigenvalue weighted by atomic mass is 9.85. The molecule has 6 unspecified atom stereocenters. The van der Waals surface area contributed by atoms with Crippen molar-refractivity contribution in [3.63, 3.8) is 0 Å². The minimum atomic E-state index is -5.12. The zero-order valence-electron chi connectivity index (χ0n) is 33.2. The molecule has 1 aliphatic rings. The van der Waals surface area contributed by atoms with Crippen LogP contribution in [0.5, 0.6) is 0 Å². The molecule has 1 saturated carbocycles. The third-order valence-electron chi connectivity index (χ3n) is 9.15. The van der Waals surface area contributed by atoms with Gasteiger partial charge in [0, 0.05) is 12.8 Å². The molecule has 55 heavy (non-hydrogen) atoms. The Labute approximate surface area is 329 Å². The highest BCUT2D eigenvalue weighted by atomic mass is 31.2. The van der Waals surface area contributed by atoms with Gasteiger partial charge in [-0.25, -0.2) is 4.57 Å². The first-order chi connectivity index (χ1) is 26.4. The summed E-state index contributed by atoms with van der Waals surface area (Å²) in [6.07, 6.45) is 21.8. The summed E-state index contributed by atoms with van der Waals surface area (Å²) in [5, 5.41) is 50.0. The van der Waals surface area contributed by atoms with Crippen molar-refractivity contribution >= 4 is 19.8 Å². The molecule has 6 N–H and O–H groups in total. The van der Waals surface area contributed by atoms with Gasteiger partial charge >= 0.3 is 19.8 Å². The van der Waals surface area contributed by atoms with Crippen LogP contribution in [-0.4, -0.2) is 98.3 Å². The smallest absolute Gasteiger partial charge is 0.462 e. The van der Waals surface area contributed by atoms with Crippen LogP contribution in [0, 0.1) is 0 Å². The van der Waals surface area contributed by atoms with Gasteiger partial charge in [-0.15, -0.1) is 0 Å². The number of phosphoric acid groups is 1. The zero-order chi connectivity index (χ0) is 40.7. The standard InChI is InChI=1S/C41H71O13P/c1-3-5-7-9-11-13-15-16-17-18-20-21-23-25-27-29-34(42)51-31-33(53-35(43)30-28-26-24-22-19-14-12-10-8-6-4-2)32-52-55(49,50)54-41-39(47)37(45)36(44)38(46)40(41)48/h5,7,10-13,16-17,33,36-41,44-48H,3-4,6,8-9,14-15,18-32H2,1-2H3,(H,49,50)/b7-5+,12-10+,13-11+,17-16+/t33-,36?,37-,38?,39?,40?,41?/m1/s1. The fourth-order valence-electron chi connectivity index (χ4n) is 5.81. The third kappa shape index (κ3) is 24.9. The molecule has 0 amide bonds. The maximum absolute atomic E-state index is 12.8. The van der Waals surface area contributed by atoms with Crippen LogP contribution in [-0.2, 0) is 32.7 Å². The molecule has 0 aromatic carbocycles. The Kier molecular flexibility index (Phi) is 29.4. The summed E-state index contributed by atoms with van der Waals surface area (Å²) >= 11 is 0. The maximum atomic E-state index is 12.8. The van der Waals surface area contributed by atoms with E-state index in [4.69, 9.17) is 18.5 Å². The topological polar surface area (TPSA) is 210 Å². The number of hydrogen-bond donors (Lipinski definition) is 6. The summed E-state index contributed by atoms with van der Waals surface area (Å²) in [5.74, 6) is -1.14. The summed E-state index contributed by atoms with van der Waals surface area (Å²) in [6, 6.07) is 0. The van der Waals surface area contributed by atoms with Gasteiger partial charge < -0.3 is 39.9 Å². The fraction of sp³-hybridized carbons (Fsp3) is 0.756. The van der Waals surface area contributed by atoms with Gasteiger partial charge in [-0.1, -0.05) is 114 Å². The number of carbonyl (C=O) groups is 2. The van der Waals surface area contributed by atoms with E-state index in [9.17, 15) is 44.6 Å². The summed E-state index contributed by atoms with van der Waals surface area (Å²) in [5.41, 5.74) is 0. The van der Waals surface area contributed by atoms with E-state index < -0.39 is 75.7 Å². The third-order valence-corrected chi connectivity index (χ3v) is 10.1. The summed E-state index contributed by atoms with van der Waals surface area (Å²) in [4.78, 5) is 35.5. The van der Waals surface area contributed by atoms with Gasteiger partial charge in [0.2, 0.25) is 0 Å². The van der Waals surface area contributed by atoms with Crippen LogP contribution in [0.3, 0.4) is 0 Å². The Morgan fingerprint density at radius 1 is 0.582 bits per heavy atom. The van der Waals surface area contributed by atoms with E-state index in [0.717, 1.165) is 89.9 Å². The summed E-state index contributed by atoms with van der Waals surface area (Å²) in [6.45, 7) is 3.09. The number of hydrogen-bond acceptors (Lipinski definition) is 12. The number of ether oxygens (including phenoxy) is 2. The molecule has 318 valence electrons. The first-order valence-corrected chi connectivity index (χ1v) is 21.9. The molecule has 0 heterocycles. The van der Waals surface area contributed by atoms with Crippen LogP contribution >= 0.6 is 7.82 Å². The van der Waals surface area contributed by atoms with E-state index in [1.165, 1.54) is 12.8 Å². The van der Waals surface area contributed by atoms with Crippen molar-refractivity contribution < 1.29 is 63.1 Å². The Morgan fingerprint density at radius 2 is 1.04 bits per heavy atom. The van der Waals surface area contributed by atoms with Gasteiger partial charge in [-0.3, -0.25) is 18.6 Å². The number of carbonyl (C=O) groups excluding carboxylic acids is 2. The molecule has 1 aliphatic carbocycles. The second-order valence-electron chi connectivity index (χ2n) is 14.1. The number of aliphatic hydroxyl groups is 5. The van der Waals surface area contributed by atoms with Crippen LogP contribution in [0.2, 0.25) is 0 Å². The Hall–Kier alpha value is -2.19. The lowest BCUT2D eigenvalue weighted by Gasteiger charge is -2.41. The minimum Gasteiger partial charge on any atom is -0.462 e. The average molecular weight is 803 g/mol. The highest BCUT2D eigenvalue weighted by molar-refractivity contribution is 7.47. The lowest BCUT2D eigenvalue weighted by Crippen LogP contribution is -2.64. The molecule has 1 rings (SSSR count). The van der Waals surface area contributed by atoms with E-state index in [1.54, 1.807) is 0 Å². The van der Waals surface area contributed by atoms with Crippen molar-refractivity contribution in [1.29, 1.82) is 0 Å². The molecule has 0 aromatic rings. The SMILES string of the molecule is CC/C=C/C/C=C/C/C=C/CCCCCCCC(=O)OC[C@H](COP(=O)(O)OC1C(O)C(O)C(O)[C@@H](O)C1O)OC(=O)CCCCCCC/C=C/CCCC. The Balaban J connectivity index is 2.53. The highest BCUT2D eigenvalue weighted by Gasteiger charge is 2.51. The Morgan fingerprint density at radius 3 is 1.60 bits per heavy atom. The molecule has 8 atom stereocenters. The second kappa shape index (κ2) is 31.8. The monoisotopic (exact) mass is 802 g/mol. The van der Waals surface area contributed by atoms with Crippen LogP contribution in [0.1, 0.15) is 142 Å². The Bertz CT molecular complexity index is 1160. The van der Waals surface area contributed by atoms with Gasteiger partial charge in [0.15, 0.2) is 6.10 Å². The van der Waals surface area contributed by atoms with Gasteiger partial charge in [0.25, 0.3) is 0 Å². The molecule has 0 spiro atoms. The van der Waals surface area contributed by atoms with Gasteiger partial charge in [0.05, 0.1) is 6.61 Å². The maximum Gasteiger partial charge on any atom is 0.472 e. The van der Waals surface area contributed by atoms with Crippen LogP contribution in [0.4, 0.5) is 0 Å². The molecular weight excluding hydrogens is 731 g/mol. The number of allylic oxidation sites excluding steroid dienone is 8. The number of aliphatic hydroxyl groups excluding tert-OH is 5. The van der Waals surface area contributed by atoms with E-state index in [-0.39, 0.29) is 12.8 Å². The molecule has 13 nitrogen and oxygen atoms in total. The van der Waals surface area contributed by atoms with E-state index in [0.29, 0.717) is 12.8 Å². The van der Waals surface area contributed by atoms with Gasteiger partial charge in [-0.05, 0) is 64.2 Å². The van der Waals surface area contributed by atoms with Gasteiger partial charge in [-0.2, -0.15) is 0 Å². The molecule has 0 aromatic heterocycles. The number of esters is 2. The molecule has 0 bridgehead atoms. The first-order valence-electron chi connectivity index (χ1n) is 20.4. The quantitative estimate of drug-likeness (QED) is 0.0179. The predicted molar refractivity (Wildman–Crippen MR) is 212 cm³/mol. The van der Waals surface area contributed by atoms with Crippen molar-refractivity contribution in [3.05, 3.63) is 48.6 Å². The van der Waals surface area contributed by atoms with Crippen molar-refractivity contribution in [3.8, 4) is 0 Å². The van der Waals surface area contributed by atoms with Crippen LogP contribution < -0.4 is 0 Å². The number of rotatable bonds is 32. The zero-order valence-corrected chi connectivity index (χ0v) is 34.1. The average Bonchev–Trinajstić information content (AvgIpc) is 3.16. The molecular formula is C41H71O13P. The molecule has 14 heteroatoms. The largest absolute Gasteiger partial charge is 0.472 e. The van der Waals surface area contributed by atoms with Crippen molar-refractivity contribution in [2.45, 2.75) is 185 Å². The van der Waals surface area contributed by atoms with Crippen LogP contribution in [0.15, 0.2) is 48.6 Å². The summed E-state index contributed by atoms with van der Waals surface area (Å²) in [7, 11) is -5.12.